The van der Waals surface area contributed by atoms with E-state index in [2.05, 4.69) is 5.32 Å². The first-order valence-corrected chi connectivity index (χ1v) is 12.2. The number of nitrogens with zero attached hydrogens (tertiary/aromatic N) is 1. The molecule has 0 aliphatic carbocycles. The van der Waals surface area contributed by atoms with Crippen molar-refractivity contribution in [3.05, 3.63) is 83.2 Å². The SMILES string of the molecule is Cc1ccc(C)c(S(=O)(=O)Oc2ccc(C(=O)Nc3ccc(N4CCOCC4)c(F)c3)cc2)c1. The third kappa shape index (κ3) is 5.37. The van der Waals surface area contributed by atoms with Crippen molar-refractivity contribution >= 4 is 27.4 Å². The molecule has 1 heterocycles. The molecule has 4 rings (SSSR count). The van der Waals surface area contributed by atoms with Gasteiger partial charge in [-0.25, -0.2) is 4.39 Å². The number of hydrogen-bond donors (Lipinski definition) is 1. The van der Waals surface area contributed by atoms with Gasteiger partial charge in [-0.3, -0.25) is 4.79 Å². The number of rotatable bonds is 6. The molecule has 0 aromatic heterocycles. The average Bonchev–Trinajstić information content (AvgIpc) is 2.81. The number of nitrogens with one attached hydrogen (secondary N) is 1. The van der Waals surface area contributed by atoms with Gasteiger partial charge in [0, 0.05) is 24.3 Å². The van der Waals surface area contributed by atoms with Crippen LogP contribution in [0.3, 0.4) is 0 Å². The Morgan fingerprint density at radius 3 is 2.38 bits per heavy atom. The van der Waals surface area contributed by atoms with E-state index in [0.29, 0.717) is 43.2 Å². The monoisotopic (exact) mass is 484 g/mol. The first kappa shape index (κ1) is 23.7. The lowest BCUT2D eigenvalue weighted by Gasteiger charge is -2.29. The average molecular weight is 485 g/mol. The number of amides is 1. The predicted octanol–water partition coefficient (Wildman–Crippen LogP) is 4.30. The van der Waals surface area contributed by atoms with Crippen molar-refractivity contribution in [2.75, 3.05) is 36.5 Å². The fraction of sp³-hybridized carbons (Fsp3) is 0.240. The predicted molar refractivity (Wildman–Crippen MR) is 128 cm³/mol. The molecule has 0 bridgehead atoms. The zero-order chi connectivity index (χ0) is 24.3. The summed E-state index contributed by atoms with van der Waals surface area (Å²) in [5.74, 6) is -0.805. The lowest BCUT2D eigenvalue weighted by atomic mass is 10.2. The van der Waals surface area contributed by atoms with E-state index in [4.69, 9.17) is 8.92 Å². The highest BCUT2D eigenvalue weighted by molar-refractivity contribution is 7.87. The van der Waals surface area contributed by atoms with E-state index in [9.17, 15) is 17.6 Å². The topological polar surface area (TPSA) is 84.9 Å². The summed E-state index contributed by atoms with van der Waals surface area (Å²) in [6.45, 7) is 5.80. The van der Waals surface area contributed by atoms with Crippen LogP contribution in [0, 0.1) is 19.7 Å². The Balaban J connectivity index is 1.43. The highest BCUT2D eigenvalue weighted by atomic mass is 32.2. The Hall–Kier alpha value is -3.43. The van der Waals surface area contributed by atoms with Crippen LogP contribution in [0.25, 0.3) is 0 Å². The van der Waals surface area contributed by atoms with Gasteiger partial charge in [-0.15, -0.1) is 0 Å². The van der Waals surface area contributed by atoms with Gasteiger partial charge in [-0.05, 0) is 73.5 Å². The quantitative estimate of drug-likeness (QED) is 0.525. The van der Waals surface area contributed by atoms with E-state index in [1.807, 2.05) is 11.0 Å². The zero-order valence-electron chi connectivity index (χ0n) is 18.9. The molecule has 9 heteroatoms. The molecule has 0 unspecified atom stereocenters. The van der Waals surface area contributed by atoms with Crippen molar-refractivity contribution in [2.45, 2.75) is 18.7 Å². The highest BCUT2D eigenvalue weighted by Crippen LogP contribution is 2.25. The Labute approximate surface area is 198 Å². The Bertz CT molecular complexity index is 1300. The summed E-state index contributed by atoms with van der Waals surface area (Å²) in [6, 6.07) is 15.3. The molecule has 178 valence electrons. The highest BCUT2D eigenvalue weighted by Gasteiger charge is 2.20. The van der Waals surface area contributed by atoms with E-state index in [0.717, 1.165) is 5.56 Å². The number of carbonyl (C=O) groups is 1. The standard InChI is InChI=1S/C25H25FN2O5S/c1-17-3-4-18(2)24(15-17)34(30,31)33-21-8-5-19(6-9-21)25(29)27-20-7-10-23(22(26)16-20)28-11-13-32-14-12-28/h3-10,15-16H,11-14H2,1-2H3,(H,27,29). The minimum absolute atomic E-state index is 0.0818. The molecule has 7 nitrogen and oxygen atoms in total. The second kappa shape index (κ2) is 9.82. The summed E-state index contributed by atoms with van der Waals surface area (Å²) in [4.78, 5) is 14.6. The van der Waals surface area contributed by atoms with Crippen molar-refractivity contribution in [1.82, 2.24) is 0 Å². The number of benzene rings is 3. The summed E-state index contributed by atoms with van der Waals surface area (Å²) >= 11 is 0. The Morgan fingerprint density at radius 1 is 1.00 bits per heavy atom. The van der Waals surface area contributed by atoms with E-state index in [1.54, 1.807) is 38.1 Å². The lowest BCUT2D eigenvalue weighted by Crippen LogP contribution is -2.36. The van der Waals surface area contributed by atoms with Crippen LogP contribution >= 0.6 is 0 Å². The molecule has 1 saturated heterocycles. The molecular formula is C25H25FN2O5S. The summed E-state index contributed by atoms with van der Waals surface area (Å²) in [5.41, 5.74) is 2.43. The molecule has 1 fully saturated rings. The van der Waals surface area contributed by atoms with E-state index >= 15 is 0 Å². The molecule has 34 heavy (non-hydrogen) atoms. The number of anilines is 2. The molecule has 1 aliphatic heterocycles. The van der Waals surface area contributed by atoms with Crippen LogP contribution < -0.4 is 14.4 Å². The second-order valence-corrected chi connectivity index (χ2v) is 9.57. The van der Waals surface area contributed by atoms with Crippen LogP contribution in [-0.4, -0.2) is 40.6 Å². The molecule has 0 radical (unpaired) electrons. The van der Waals surface area contributed by atoms with Gasteiger partial charge in [0.15, 0.2) is 0 Å². The molecule has 0 saturated carbocycles. The Kier molecular flexibility index (Phi) is 6.85. The van der Waals surface area contributed by atoms with Crippen molar-refractivity contribution < 1.29 is 26.5 Å². The summed E-state index contributed by atoms with van der Waals surface area (Å²) in [7, 11) is -4.02. The number of aryl methyl sites for hydroxylation is 2. The maximum atomic E-state index is 14.6. The van der Waals surface area contributed by atoms with Gasteiger partial charge in [0.25, 0.3) is 5.91 Å². The van der Waals surface area contributed by atoms with Gasteiger partial charge in [-0.2, -0.15) is 8.42 Å². The molecule has 1 aliphatic rings. The first-order chi connectivity index (χ1) is 16.2. The first-order valence-electron chi connectivity index (χ1n) is 10.8. The second-order valence-electron chi connectivity index (χ2n) is 8.05. The molecule has 0 spiro atoms. The van der Waals surface area contributed by atoms with Crippen LogP contribution in [0.2, 0.25) is 0 Å². The number of halogens is 1. The number of ether oxygens (including phenoxy) is 1. The van der Waals surface area contributed by atoms with E-state index < -0.39 is 21.8 Å². The lowest BCUT2D eigenvalue weighted by molar-refractivity contribution is 0.102. The molecule has 3 aromatic rings. The maximum Gasteiger partial charge on any atom is 0.339 e. The number of morpholine rings is 1. The smallest absolute Gasteiger partial charge is 0.339 e. The minimum atomic E-state index is -4.02. The van der Waals surface area contributed by atoms with E-state index in [1.165, 1.54) is 30.3 Å². The van der Waals surface area contributed by atoms with Crippen molar-refractivity contribution in [3.63, 3.8) is 0 Å². The third-order valence-corrected chi connectivity index (χ3v) is 6.88. The van der Waals surface area contributed by atoms with E-state index in [-0.39, 0.29) is 16.2 Å². The van der Waals surface area contributed by atoms with Gasteiger partial charge in [0.1, 0.15) is 16.5 Å². The van der Waals surface area contributed by atoms with Crippen LogP contribution in [0.4, 0.5) is 15.8 Å². The van der Waals surface area contributed by atoms with Crippen LogP contribution in [0.1, 0.15) is 21.5 Å². The van der Waals surface area contributed by atoms with Gasteiger partial charge < -0.3 is 19.1 Å². The van der Waals surface area contributed by atoms with Crippen LogP contribution in [-0.2, 0) is 14.9 Å². The Morgan fingerprint density at radius 2 is 1.71 bits per heavy atom. The van der Waals surface area contributed by atoms with Crippen LogP contribution in [0.5, 0.6) is 5.75 Å². The van der Waals surface area contributed by atoms with Crippen molar-refractivity contribution in [2.24, 2.45) is 0 Å². The molecule has 0 atom stereocenters. The molecule has 3 aromatic carbocycles. The molecule has 1 N–H and O–H groups in total. The largest absolute Gasteiger partial charge is 0.379 e. The normalized spacial score (nSPS) is 14.0. The van der Waals surface area contributed by atoms with Crippen molar-refractivity contribution in [3.8, 4) is 5.75 Å². The summed E-state index contributed by atoms with van der Waals surface area (Å²) < 4.78 is 50.4. The minimum Gasteiger partial charge on any atom is -0.379 e. The van der Waals surface area contributed by atoms with Gasteiger partial charge in [0.05, 0.1) is 18.9 Å². The van der Waals surface area contributed by atoms with Crippen molar-refractivity contribution in [1.29, 1.82) is 0 Å². The fourth-order valence-corrected chi connectivity index (χ4v) is 4.91. The zero-order valence-corrected chi connectivity index (χ0v) is 19.7. The number of carbonyl (C=O) groups excluding carboxylic acids is 1. The third-order valence-electron chi connectivity index (χ3n) is 5.49. The summed E-state index contributed by atoms with van der Waals surface area (Å²) in [6.07, 6.45) is 0. The maximum absolute atomic E-state index is 14.6. The molecule has 1 amide bonds. The number of hydrogen-bond acceptors (Lipinski definition) is 6. The fourth-order valence-electron chi connectivity index (χ4n) is 3.66. The van der Waals surface area contributed by atoms with Gasteiger partial charge >= 0.3 is 10.1 Å². The van der Waals surface area contributed by atoms with Gasteiger partial charge in [-0.1, -0.05) is 12.1 Å². The molecular weight excluding hydrogens is 459 g/mol. The van der Waals surface area contributed by atoms with Crippen LogP contribution in [0.15, 0.2) is 65.6 Å². The van der Waals surface area contributed by atoms with Gasteiger partial charge in [0.2, 0.25) is 0 Å². The summed E-state index contributed by atoms with van der Waals surface area (Å²) in [5, 5.41) is 2.66.